The minimum absolute atomic E-state index is 0.180. The van der Waals surface area contributed by atoms with Gasteiger partial charge in [0.2, 0.25) is 5.91 Å². The molecule has 6 nitrogen and oxygen atoms in total. The third-order valence-corrected chi connectivity index (χ3v) is 3.09. The van der Waals surface area contributed by atoms with Crippen LogP contribution in [-0.4, -0.2) is 21.1 Å². The number of aromatic amines is 1. The number of amides is 1. The maximum atomic E-state index is 11.9. The maximum absolute atomic E-state index is 11.9. The zero-order valence-electron chi connectivity index (χ0n) is 10.6. The molecule has 2 heterocycles. The summed E-state index contributed by atoms with van der Waals surface area (Å²) in [7, 11) is 0. The Morgan fingerprint density at radius 2 is 2.26 bits per heavy atom. The van der Waals surface area contributed by atoms with E-state index in [1.807, 2.05) is 13.8 Å². The van der Waals surface area contributed by atoms with Gasteiger partial charge in [0.15, 0.2) is 0 Å². The second-order valence-corrected chi connectivity index (χ2v) is 4.64. The number of nitrogens with two attached hydrogens (primary N) is 1. The monoisotopic (exact) mass is 279 g/mol. The number of anilines is 2. The lowest BCUT2D eigenvalue weighted by Gasteiger charge is -2.06. The fourth-order valence-electron chi connectivity index (χ4n) is 1.69. The van der Waals surface area contributed by atoms with Gasteiger partial charge in [0.1, 0.15) is 5.82 Å². The second-order valence-electron chi connectivity index (χ2n) is 4.23. The molecule has 19 heavy (non-hydrogen) atoms. The molecule has 0 fully saturated rings. The van der Waals surface area contributed by atoms with E-state index in [0.29, 0.717) is 16.5 Å². The topological polar surface area (TPSA) is 96.7 Å². The molecule has 2 aromatic heterocycles. The summed E-state index contributed by atoms with van der Waals surface area (Å²) < 4.78 is 0. The van der Waals surface area contributed by atoms with Crippen LogP contribution < -0.4 is 11.1 Å². The Morgan fingerprint density at radius 3 is 2.84 bits per heavy atom. The van der Waals surface area contributed by atoms with Gasteiger partial charge in [-0.1, -0.05) is 11.6 Å². The number of H-pyrrole nitrogens is 1. The summed E-state index contributed by atoms with van der Waals surface area (Å²) in [6, 6.07) is 1.52. The van der Waals surface area contributed by atoms with Gasteiger partial charge in [0, 0.05) is 17.3 Å². The Balaban J connectivity index is 2.07. The zero-order valence-corrected chi connectivity index (χ0v) is 11.4. The molecule has 0 saturated heterocycles. The number of rotatable bonds is 3. The van der Waals surface area contributed by atoms with Crippen LogP contribution in [0.25, 0.3) is 0 Å². The van der Waals surface area contributed by atoms with Crippen molar-refractivity contribution in [2.45, 2.75) is 20.3 Å². The molecule has 100 valence electrons. The number of hydrogen-bond acceptors (Lipinski definition) is 4. The van der Waals surface area contributed by atoms with Crippen molar-refractivity contribution in [3.05, 3.63) is 34.2 Å². The van der Waals surface area contributed by atoms with Gasteiger partial charge >= 0.3 is 0 Å². The summed E-state index contributed by atoms with van der Waals surface area (Å²) in [4.78, 5) is 15.9. The van der Waals surface area contributed by atoms with Crippen LogP contribution in [0.3, 0.4) is 0 Å². The van der Waals surface area contributed by atoms with Gasteiger partial charge in [-0.05, 0) is 13.8 Å². The molecule has 7 heteroatoms. The molecule has 0 radical (unpaired) electrons. The van der Waals surface area contributed by atoms with E-state index in [4.69, 9.17) is 17.3 Å². The SMILES string of the molecule is Cc1n[nH]c(C)c1CC(=O)Nc1cc(Cl)c(N)cn1. The quantitative estimate of drug-likeness (QED) is 0.798. The minimum atomic E-state index is -0.180. The van der Waals surface area contributed by atoms with Gasteiger partial charge in [-0.15, -0.1) is 0 Å². The highest BCUT2D eigenvalue weighted by Gasteiger charge is 2.12. The van der Waals surface area contributed by atoms with Crippen molar-refractivity contribution in [1.29, 1.82) is 0 Å². The van der Waals surface area contributed by atoms with Gasteiger partial charge in [-0.3, -0.25) is 9.89 Å². The van der Waals surface area contributed by atoms with Crippen molar-refractivity contribution in [3.63, 3.8) is 0 Å². The van der Waals surface area contributed by atoms with Gasteiger partial charge in [-0.2, -0.15) is 5.10 Å². The molecule has 2 aromatic rings. The van der Waals surface area contributed by atoms with Crippen LogP contribution >= 0.6 is 11.6 Å². The molecule has 0 saturated carbocycles. The third-order valence-electron chi connectivity index (χ3n) is 2.77. The van der Waals surface area contributed by atoms with Crippen LogP contribution in [-0.2, 0) is 11.2 Å². The normalized spacial score (nSPS) is 10.5. The molecule has 0 aromatic carbocycles. The molecule has 0 atom stereocenters. The molecule has 0 unspecified atom stereocenters. The molecule has 0 aliphatic heterocycles. The fourth-order valence-corrected chi connectivity index (χ4v) is 1.84. The van der Waals surface area contributed by atoms with Crippen molar-refractivity contribution < 1.29 is 4.79 Å². The summed E-state index contributed by atoms with van der Waals surface area (Å²) in [6.45, 7) is 3.73. The van der Waals surface area contributed by atoms with E-state index in [0.717, 1.165) is 17.0 Å². The molecule has 0 bridgehead atoms. The van der Waals surface area contributed by atoms with Gasteiger partial charge in [0.25, 0.3) is 0 Å². The lowest BCUT2D eigenvalue weighted by Crippen LogP contribution is -2.16. The minimum Gasteiger partial charge on any atom is -0.396 e. The predicted octanol–water partition coefficient (Wildman–Crippen LogP) is 1.84. The van der Waals surface area contributed by atoms with E-state index in [9.17, 15) is 4.79 Å². The molecule has 0 aliphatic carbocycles. The van der Waals surface area contributed by atoms with Crippen molar-refractivity contribution in [3.8, 4) is 0 Å². The Morgan fingerprint density at radius 1 is 1.53 bits per heavy atom. The summed E-state index contributed by atoms with van der Waals surface area (Å²) in [5.74, 6) is 0.198. The Labute approximate surface area is 115 Å². The first kappa shape index (κ1) is 13.4. The van der Waals surface area contributed by atoms with Gasteiger partial charge in [-0.25, -0.2) is 4.98 Å². The number of halogens is 1. The van der Waals surface area contributed by atoms with Crippen molar-refractivity contribution in [2.75, 3.05) is 11.1 Å². The average Bonchev–Trinajstić information content (AvgIpc) is 2.66. The Hall–Kier alpha value is -2.08. The highest BCUT2D eigenvalue weighted by molar-refractivity contribution is 6.33. The van der Waals surface area contributed by atoms with Crippen LogP contribution in [0.4, 0.5) is 11.5 Å². The average molecular weight is 280 g/mol. The standard InChI is InChI=1S/C12H14ClN5O/c1-6-8(7(2)18-17-6)3-12(19)16-11-4-9(13)10(14)5-15-11/h4-5H,3,14H2,1-2H3,(H,17,18)(H,15,16,19). The van der Waals surface area contributed by atoms with E-state index < -0.39 is 0 Å². The lowest BCUT2D eigenvalue weighted by molar-refractivity contribution is -0.115. The van der Waals surface area contributed by atoms with E-state index in [-0.39, 0.29) is 12.3 Å². The lowest BCUT2D eigenvalue weighted by atomic mass is 10.1. The molecule has 2 rings (SSSR count). The number of carbonyl (C=O) groups is 1. The van der Waals surface area contributed by atoms with E-state index in [2.05, 4.69) is 20.5 Å². The van der Waals surface area contributed by atoms with Crippen molar-refractivity contribution in [2.24, 2.45) is 0 Å². The number of aryl methyl sites for hydroxylation is 2. The molecule has 1 amide bonds. The smallest absolute Gasteiger partial charge is 0.230 e. The summed E-state index contributed by atoms with van der Waals surface area (Å²) in [6.07, 6.45) is 1.64. The third kappa shape index (κ3) is 3.03. The van der Waals surface area contributed by atoms with Crippen LogP contribution in [0, 0.1) is 13.8 Å². The highest BCUT2D eigenvalue weighted by Crippen LogP contribution is 2.20. The number of nitrogen functional groups attached to an aromatic ring is 1. The summed E-state index contributed by atoms with van der Waals surface area (Å²) >= 11 is 5.86. The van der Waals surface area contributed by atoms with Crippen LogP contribution in [0.2, 0.25) is 5.02 Å². The first-order valence-electron chi connectivity index (χ1n) is 5.68. The molecule has 0 spiro atoms. The molecule has 4 N–H and O–H groups in total. The van der Waals surface area contributed by atoms with Gasteiger partial charge < -0.3 is 11.1 Å². The molecular formula is C12H14ClN5O. The Bertz CT molecular complexity index is 603. The maximum Gasteiger partial charge on any atom is 0.230 e. The van der Waals surface area contributed by atoms with Gasteiger partial charge in [0.05, 0.1) is 29.0 Å². The van der Waals surface area contributed by atoms with Crippen LogP contribution in [0.1, 0.15) is 17.0 Å². The number of aromatic nitrogens is 3. The number of carbonyl (C=O) groups excluding carboxylic acids is 1. The van der Waals surface area contributed by atoms with E-state index >= 15 is 0 Å². The fraction of sp³-hybridized carbons (Fsp3) is 0.250. The first-order chi connectivity index (χ1) is 8.97. The van der Waals surface area contributed by atoms with Crippen LogP contribution in [0.5, 0.6) is 0 Å². The van der Waals surface area contributed by atoms with Crippen molar-refractivity contribution in [1.82, 2.24) is 15.2 Å². The number of nitrogens with zero attached hydrogens (tertiary/aromatic N) is 2. The highest BCUT2D eigenvalue weighted by atomic mass is 35.5. The molecule has 0 aliphatic rings. The number of nitrogens with one attached hydrogen (secondary N) is 2. The second kappa shape index (κ2) is 5.27. The predicted molar refractivity (Wildman–Crippen MR) is 74.1 cm³/mol. The van der Waals surface area contributed by atoms with E-state index in [1.54, 1.807) is 0 Å². The Kier molecular flexibility index (Phi) is 3.71. The van der Waals surface area contributed by atoms with Crippen molar-refractivity contribution >= 4 is 29.0 Å². The van der Waals surface area contributed by atoms with Crippen LogP contribution in [0.15, 0.2) is 12.3 Å². The zero-order chi connectivity index (χ0) is 14.0. The molecular weight excluding hydrogens is 266 g/mol. The van der Waals surface area contributed by atoms with E-state index in [1.165, 1.54) is 12.3 Å². The summed E-state index contributed by atoms with van der Waals surface area (Å²) in [5, 5.41) is 9.92. The first-order valence-corrected chi connectivity index (χ1v) is 6.06. The number of pyridine rings is 1. The largest absolute Gasteiger partial charge is 0.396 e. The number of hydrogen-bond donors (Lipinski definition) is 3. The summed E-state index contributed by atoms with van der Waals surface area (Å²) in [5.41, 5.74) is 8.51.